The second-order valence-electron chi connectivity index (χ2n) is 15.6. The monoisotopic (exact) mass is 763 g/mol. The van der Waals surface area contributed by atoms with E-state index >= 15 is 0 Å². The normalized spacial score (nSPS) is 12.5. The summed E-state index contributed by atoms with van der Waals surface area (Å²) in [4.78, 5) is 2.34. The lowest BCUT2D eigenvalue weighted by molar-refractivity contribution is 0.769. The van der Waals surface area contributed by atoms with Crippen LogP contribution >= 0.6 is 0 Å². The van der Waals surface area contributed by atoms with E-state index in [4.69, 9.17) is 0 Å². The highest BCUT2D eigenvalue weighted by atomic mass is 15.1. The van der Waals surface area contributed by atoms with Gasteiger partial charge in [0.1, 0.15) is 0 Å². The fourth-order valence-electron chi connectivity index (χ4n) is 9.64. The fourth-order valence-corrected chi connectivity index (χ4v) is 9.64. The molecule has 60 heavy (non-hydrogen) atoms. The van der Waals surface area contributed by atoms with Gasteiger partial charge in [-0.3, -0.25) is 0 Å². The van der Waals surface area contributed by atoms with Crippen LogP contribution in [0, 0.1) is 0 Å². The molecule has 0 aromatic heterocycles. The van der Waals surface area contributed by atoms with Gasteiger partial charge in [-0.1, -0.05) is 200 Å². The van der Waals surface area contributed by atoms with Crippen LogP contribution in [0.15, 0.2) is 249 Å². The zero-order chi connectivity index (χ0) is 39.9. The van der Waals surface area contributed by atoms with Crippen LogP contribution in [0.5, 0.6) is 0 Å². The third kappa shape index (κ3) is 5.86. The average Bonchev–Trinajstić information content (AvgIpc) is 3.64. The highest BCUT2D eigenvalue weighted by Gasteiger charge is 2.47. The lowest BCUT2D eigenvalue weighted by Gasteiger charge is -2.34. The molecule has 0 spiro atoms. The maximum atomic E-state index is 2.49. The van der Waals surface area contributed by atoms with Crippen molar-refractivity contribution in [1.29, 1.82) is 0 Å². The van der Waals surface area contributed by atoms with Crippen LogP contribution < -0.4 is 4.90 Å². The zero-order valence-corrected chi connectivity index (χ0v) is 33.1. The molecule has 0 unspecified atom stereocenters. The Morgan fingerprint density at radius 2 is 0.683 bits per heavy atom. The van der Waals surface area contributed by atoms with Gasteiger partial charge in [0.05, 0.1) is 5.41 Å². The van der Waals surface area contributed by atoms with Gasteiger partial charge in [0.2, 0.25) is 0 Å². The predicted molar refractivity (Wildman–Crippen MR) is 252 cm³/mol. The standard InChI is InChI=1S/C59H41N/c1-6-18-42(19-7-1)43-30-35-50(36-31-43)60(49-26-14-5-15-27-49)51-37-32-44(33-38-51)46-34-39-54-56(40-46)59(47-22-10-3-11-23-47,48-24-12-4-13-25-48)57-41-55(45-20-8-2-9-21-45)52-28-16-17-29-53(52)58(54)57/h1-41H. The second kappa shape index (κ2) is 14.9. The Bertz CT molecular complexity index is 3050. The number of benzene rings is 10. The summed E-state index contributed by atoms with van der Waals surface area (Å²) in [5, 5.41) is 2.54. The molecule has 1 heteroatoms. The average molecular weight is 764 g/mol. The van der Waals surface area contributed by atoms with Gasteiger partial charge in [-0.2, -0.15) is 0 Å². The van der Waals surface area contributed by atoms with Gasteiger partial charge in [-0.25, -0.2) is 0 Å². The minimum atomic E-state index is -0.549. The van der Waals surface area contributed by atoms with Crippen molar-refractivity contribution < 1.29 is 0 Å². The Hall–Kier alpha value is -7.74. The first-order chi connectivity index (χ1) is 29.8. The SMILES string of the molecule is c1ccc(-c2ccc(N(c3ccccc3)c3ccc(-c4ccc5c(c4)C(c4ccccc4)(c4ccccc4)c4cc(-c6ccccc6)c6ccccc6c4-5)cc3)cc2)cc1. The third-order valence-corrected chi connectivity index (χ3v) is 12.3. The van der Waals surface area contributed by atoms with Gasteiger partial charge >= 0.3 is 0 Å². The second-order valence-corrected chi connectivity index (χ2v) is 15.6. The Balaban J connectivity index is 1.08. The van der Waals surface area contributed by atoms with E-state index in [1.165, 1.54) is 77.5 Å². The van der Waals surface area contributed by atoms with E-state index in [9.17, 15) is 0 Å². The van der Waals surface area contributed by atoms with Gasteiger partial charge in [0.15, 0.2) is 0 Å². The third-order valence-electron chi connectivity index (χ3n) is 12.3. The summed E-state index contributed by atoms with van der Waals surface area (Å²) < 4.78 is 0. The van der Waals surface area contributed by atoms with Crippen molar-refractivity contribution in [2.24, 2.45) is 0 Å². The first-order valence-electron chi connectivity index (χ1n) is 20.8. The quantitative estimate of drug-likeness (QED) is 0.149. The summed E-state index contributed by atoms with van der Waals surface area (Å²) in [5.74, 6) is 0. The summed E-state index contributed by atoms with van der Waals surface area (Å²) in [6.45, 7) is 0. The van der Waals surface area contributed by atoms with Crippen LogP contribution in [0.3, 0.4) is 0 Å². The summed E-state index contributed by atoms with van der Waals surface area (Å²) in [5.41, 5.74) is 17.8. The smallest absolute Gasteiger partial charge is 0.0714 e. The molecule has 0 fully saturated rings. The van der Waals surface area contributed by atoms with Crippen molar-refractivity contribution in [1.82, 2.24) is 0 Å². The first-order valence-corrected chi connectivity index (χ1v) is 20.8. The Labute approximate surface area is 352 Å². The van der Waals surface area contributed by atoms with Gasteiger partial charge in [0.25, 0.3) is 0 Å². The fraction of sp³-hybridized carbons (Fsp3) is 0.0169. The molecule has 0 atom stereocenters. The van der Waals surface area contributed by atoms with Crippen LogP contribution in [-0.4, -0.2) is 0 Å². The predicted octanol–water partition coefficient (Wildman–Crippen LogP) is 15.7. The molecular weight excluding hydrogens is 723 g/mol. The Morgan fingerprint density at radius 3 is 1.25 bits per heavy atom. The number of hydrogen-bond donors (Lipinski definition) is 0. The van der Waals surface area contributed by atoms with Crippen molar-refractivity contribution in [2.45, 2.75) is 5.41 Å². The largest absolute Gasteiger partial charge is 0.311 e. The molecule has 282 valence electrons. The van der Waals surface area contributed by atoms with Crippen molar-refractivity contribution in [3.63, 3.8) is 0 Å². The number of anilines is 3. The van der Waals surface area contributed by atoms with E-state index in [0.717, 1.165) is 17.1 Å². The molecule has 0 radical (unpaired) electrons. The summed E-state index contributed by atoms with van der Waals surface area (Å²) in [6, 6.07) is 90.9. The van der Waals surface area contributed by atoms with Crippen molar-refractivity contribution in [3.8, 4) is 44.5 Å². The Kier molecular flexibility index (Phi) is 8.79. The van der Waals surface area contributed by atoms with E-state index in [-0.39, 0.29) is 0 Å². The van der Waals surface area contributed by atoms with Gasteiger partial charge in [0, 0.05) is 17.1 Å². The number of nitrogens with zero attached hydrogens (tertiary/aromatic N) is 1. The van der Waals surface area contributed by atoms with Gasteiger partial charge in [-0.05, 0) is 126 Å². The highest BCUT2D eigenvalue weighted by Crippen LogP contribution is 2.59. The molecule has 0 aliphatic heterocycles. The molecule has 0 bridgehead atoms. The van der Waals surface area contributed by atoms with Gasteiger partial charge in [-0.15, -0.1) is 0 Å². The molecule has 0 heterocycles. The van der Waals surface area contributed by atoms with Crippen LogP contribution in [0.1, 0.15) is 22.3 Å². The van der Waals surface area contributed by atoms with E-state index in [1.54, 1.807) is 0 Å². The lowest BCUT2D eigenvalue weighted by Crippen LogP contribution is -2.28. The molecule has 0 saturated heterocycles. The molecule has 11 rings (SSSR count). The maximum absolute atomic E-state index is 2.49. The summed E-state index contributed by atoms with van der Waals surface area (Å²) in [7, 11) is 0. The van der Waals surface area contributed by atoms with Crippen LogP contribution in [0.4, 0.5) is 17.1 Å². The van der Waals surface area contributed by atoms with E-state index in [0.29, 0.717) is 0 Å². The van der Waals surface area contributed by atoms with Crippen LogP contribution in [0.25, 0.3) is 55.3 Å². The highest BCUT2D eigenvalue weighted by molar-refractivity contribution is 6.10. The number of hydrogen-bond acceptors (Lipinski definition) is 1. The van der Waals surface area contributed by atoms with Crippen LogP contribution in [-0.2, 0) is 5.41 Å². The Morgan fingerprint density at radius 1 is 0.267 bits per heavy atom. The summed E-state index contributed by atoms with van der Waals surface area (Å²) >= 11 is 0. The summed E-state index contributed by atoms with van der Waals surface area (Å²) in [6.07, 6.45) is 0. The number of fused-ring (bicyclic) bond motifs is 5. The first kappa shape index (κ1) is 35.4. The minimum absolute atomic E-state index is 0.549. The van der Waals surface area contributed by atoms with Gasteiger partial charge < -0.3 is 4.90 Å². The van der Waals surface area contributed by atoms with Crippen molar-refractivity contribution >= 4 is 27.8 Å². The molecular formula is C59H41N. The van der Waals surface area contributed by atoms with Crippen molar-refractivity contribution in [2.75, 3.05) is 4.90 Å². The van der Waals surface area contributed by atoms with Crippen molar-refractivity contribution in [3.05, 3.63) is 271 Å². The molecule has 1 nitrogen and oxygen atoms in total. The molecule has 10 aromatic carbocycles. The zero-order valence-electron chi connectivity index (χ0n) is 33.1. The topological polar surface area (TPSA) is 3.24 Å². The van der Waals surface area contributed by atoms with E-state index < -0.39 is 5.41 Å². The maximum Gasteiger partial charge on any atom is 0.0714 e. The minimum Gasteiger partial charge on any atom is -0.311 e. The molecule has 0 saturated carbocycles. The number of para-hydroxylation sites is 1. The molecule has 1 aliphatic rings. The molecule has 0 amide bonds. The molecule has 10 aromatic rings. The van der Waals surface area contributed by atoms with E-state index in [1.807, 2.05) is 0 Å². The lowest BCUT2D eigenvalue weighted by atomic mass is 9.67. The van der Waals surface area contributed by atoms with Crippen LogP contribution in [0.2, 0.25) is 0 Å². The molecule has 0 N–H and O–H groups in total. The van der Waals surface area contributed by atoms with E-state index in [2.05, 4.69) is 254 Å². The number of rotatable bonds is 8. The molecule has 1 aliphatic carbocycles.